The normalized spacial score (nSPS) is 11.1. The minimum Gasteiger partial charge on any atom is -0.466 e. The first kappa shape index (κ1) is 19.1. The van der Waals surface area contributed by atoms with Crippen molar-refractivity contribution in [1.82, 2.24) is 4.98 Å². The van der Waals surface area contributed by atoms with Crippen LogP contribution in [0.5, 0.6) is 0 Å². The number of esters is 1. The van der Waals surface area contributed by atoms with Gasteiger partial charge in [-0.05, 0) is 30.2 Å². The molecule has 1 heterocycles. The second-order valence-electron chi connectivity index (χ2n) is 5.62. The lowest BCUT2D eigenvalue weighted by atomic mass is 10.1. The monoisotopic (exact) mass is 402 g/mol. The summed E-state index contributed by atoms with van der Waals surface area (Å²) in [4.78, 5) is 15.8. The lowest BCUT2D eigenvalue weighted by molar-refractivity contribution is -0.142. The summed E-state index contributed by atoms with van der Waals surface area (Å²) in [5.74, 6) is -0.395. The Bertz CT molecular complexity index is 1010. The molecule has 8 heteroatoms. The molecule has 3 rings (SSSR count). The molecular weight excluding hydrogens is 384 g/mol. The maximum Gasteiger partial charge on any atom is 0.311 e. The molecule has 0 unspecified atom stereocenters. The molecule has 27 heavy (non-hydrogen) atoms. The lowest BCUT2D eigenvalue weighted by Crippen LogP contribution is -2.13. The van der Waals surface area contributed by atoms with Gasteiger partial charge in [0.2, 0.25) is 0 Å². The number of hydrogen-bond acceptors (Lipinski definition) is 6. The van der Waals surface area contributed by atoms with Gasteiger partial charge in [-0.3, -0.25) is 9.52 Å². The molecule has 0 radical (unpaired) electrons. The maximum atomic E-state index is 12.5. The molecule has 0 atom stereocenters. The topological polar surface area (TPSA) is 85.4 Å². The van der Waals surface area contributed by atoms with E-state index in [9.17, 15) is 13.2 Å². The van der Waals surface area contributed by atoms with E-state index < -0.39 is 16.0 Å². The summed E-state index contributed by atoms with van der Waals surface area (Å²) in [5, 5.41) is 1.84. The molecule has 0 saturated carbocycles. The molecule has 0 bridgehead atoms. The Balaban J connectivity index is 1.71. The minimum absolute atomic E-state index is 0.0117. The van der Waals surface area contributed by atoms with Crippen LogP contribution >= 0.6 is 11.3 Å². The van der Waals surface area contributed by atoms with E-state index in [-0.39, 0.29) is 16.4 Å². The van der Waals surface area contributed by atoms with E-state index in [1.807, 2.05) is 30.3 Å². The number of thiazole rings is 1. The van der Waals surface area contributed by atoms with Crippen LogP contribution in [0.1, 0.15) is 12.6 Å². The molecule has 0 spiro atoms. The number of carbonyl (C=O) groups excluding carboxylic acids is 1. The average Bonchev–Trinajstić information content (AvgIpc) is 3.08. The number of ether oxygens (including phenoxy) is 1. The van der Waals surface area contributed by atoms with Gasteiger partial charge in [0, 0.05) is 5.38 Å². The summed E-state index contributed by atoms with van der Waals surface area (Å²) < 4.78 is 32.4. The summed E-state index contributed by atoms with van der Waals surface area (Å²) in [6, 6.07) is 16.3. The Kier molecular flexibility index (Phi) is 5.88. The molecule has 6 nitrogen and oxygen atoms in total. The SMILES string of the molecule is CCOC(=O)Cc1csc(NS(=O)(=O)c2ccc(-c3ccccc3)cc2)n1. The van der Waals surface area contributed by atoms with E-state index in [1.54, 1.807) is 36.6 Å². The maximum absolute atomic E-state index is 12.5. The highest BCUT2D eigenvalue weighted by molar-refractivity contribution is 7.93. The molecule has 0 saturated heterocycles. The van der Waals surface area contributed by atoms with Crippen LogP contribution in [0.15, 0.2) is 64.9 Å². The highest BCUT2D eigenvalue weighted by atomic mass is 32.2. The van der Waals surface area contributed by atoms with E-state index in [4.69, 9.17) is 4.74 Å². The fourth-order valence-corrected chi connectivity index (χ4v) is 4.39. The predicted molar refractivity (Wildman–Crippen MR) is 105 cm³/mol. The summed E-state index contributed by atoms with van der Waals surface area (Å²) in [6.07, 6.45) is 0.0117. The molecule has 3 aromatic rings. The molecule has 140 valence electrons. The number of benzene rings is 2. The van der Waals surface area contributed by atoms with Crippen molar-refractivity contribution in [2.24, 2.45) is 0 Å². The first-order chi connectivity index (χ1) is 13.0. The van der Waals surface area contributed by atoms with Crippen LogP contribution in [0.3, 0.4) is 0 Å². The molecule has 0 amide bonds. The van der Waals surface area contributed by atoms with Gasteiger partial charge in [-0.2, -0.15) is 0 Å². The van der Waals surface area contributed by atoms with Crippen molar-refractivity contribution < 1.29 is 17.9 Å². The number of nitrogens with one attached hydrogen (secondary N) is 1. The predicted octanol–water partition coefficient (Wildman–Crippen LogP) is 3.72. The van der Waals surface area contributed by atoms with Crippen molar-refractivity contribution in [2.45, 2.75) is 18.2 Å². The van der Waals surface area contributed by atoms with Crippen molar-refractivity contribution in [1.29, 1.82) is 0 Å². The van der Waals surface area contributed by atoms with E-state index in [0.29, 0.717) is 12.3 Å². The van der Waals surface area contributed by atoms with Crippen LogP contribution in [0.4, 0.5) is 5.13 Å². The fourth-order valence-electron chi connectivity index (χ4n) is 2.43. The standard InChI is InChI=1S/C19H18N2O4S2/c1-2-25-18(22)12-16-13-26-19(20-16)21-27(23,24)17-10-8-15(9-11-17)14-6-4-3-5-7-14/h3-11,13H,2,12H2,1H3,(H,20,21). The van der Waals surface area contributed by atoms with Crippen LogP contribution in [0, 0.1) is 0 Å². The number of carbonyl (C=O) groups is 1. The zero-order valence-electron chi connectivity index (χ0n) is 14.6. The van der Waals surface area contributed by atoms with Crippen molar-refractivity contribution in [3.05, 3.63) is 65.7 Å². The third-order valence-corrected chi connectivity index (χ3v) is 5.97. The van der Waals surface area contributed by atoms with Crippen LogP contribution in [-0.2, 0) is 26.0 Å². The van der Waals surface area contributed by atoms with Gasteiger partial charge >= 0.3 is 5.97 Å². The number of aromatic nitrogens is 1. The first-order valence-electron chi connectivity index (χ1n) is 8.26. The van der Waals surface area contributed by atoms with Crippen LogP contribution in [0.2, 0.25) is 0 Å². The Morgan fingerprint density at radius 3 is 2.41 bits per heavy atom. The molecule has 1 N–H and O–H groups in total. The third-order valence-electron chi connectivity index (χ3n) is 3.68. The fraction of sp³-hybridized carbons (Fsp3) is 0.158. The van der Waals surface area contributed by atoms with E-state index in [1.165, 1.54) is 0 Å². The van der Waals surface area contributed by atoms with Crippen molar-refractivity contribution >= 4 is 32.5 Å². The van der Waals surface area contributed by atoms with Gasteiger partial charge in [-0.1, -0.05) is 42.5 Å². The Hall–Kier alpha value is -2.71. The first-order valence-corrected chi connectivity index (χ1v) is 10.6. The minimum atomic E-state index is -3.76. The molecule has 0 fully saturated rings. The summed E-state index contributed by atoms with van der Waals surface area (Å²) in [5.41, 5.74) is 2.41. The van der Waals surface area contributed by atoms with Gasteiger partial charge in [0.1, 0.15) is 0 Å². The van der Waals surface area contributed by atoms with Crippen molar-refractivity contribution in [2.75, 3.05) is 11.3 Å². The number of hydrogen-bond donors (Lipinski definition) is 1. The number of nitrogens with zero attached hydrogens (tertiary/aromatic N) is 1. The van der Waals surface area contributed by atoms with Crippen LogP contribution in [0.25, 0.3) is 11.1 Å². The van der Waals surface area contributed by atoms with E-state index >= 15 is 0 Å². The third kappa shape index (κ3) is 4.93. The average molecular weight is 402 g/mol. The van der Waals surface area contributed by atoms with Crippen molar-refractivity contribution in [3.8, 4) is 11.1 Å². The summed E-state index contributed by atoms with van der Waals surface area (Å²) in [7, 11) is -3.76. The zero-order chi connectivity index (χ0) is 19.3. The zero-order valence-corrected chi connectivity index (χ0v) is 16.2. The van der Waals surface area contributed by atoms with Gasteiger partial charge < -0.3 is 4.74 Å². The number of sulfonamides is 1. The van der Waals surface area contributed by atoms with Gasteiger partial charge in [-0.25, -0.2) is 13.4 Å². The summed E-state index contributed by atoms with van der Waals surface area (Å²) >= 11 is 1.12. The van der Waals surface area contributed by atoms with Crippen LogP contribution < -0.4 is 4.72 Å². The molecule has 2 aromatic carbocycles. The lowest BCUT2D eigenvalue weighted by Gasteiger charge is -2.07. The highest BCUT2D eigenvalue weighted by Gasteiger charge is 2.17. The second-order valence-corrected chi connectivity index (χ2v) is 8.16. The van der Waals surface area contributed by atoms with Gasteiger partial charge in [0.15, 0.2) is 5.13 Å². The van der Waals surface area contributed by atoms with E-state index in [2.05, 4.69) is 9.71 Å². The smallest absolute Gasteiger partial charge is 0.311 e. The molecule has 1 aromatic heterocycles. The van der Waals surface area contributed by atoms with Crippen LogP contribution in [-0.4, -0.2) is 26.0 Å². The Morgan fingerprint density at radius 1 is 1.07 bits per heavy atom. The Morgan fingerprint density at radius 2 is 1.74 bits per heavy atom. The van der Waals surface area contributed by atoms with Crippen molar-refractivity contribution in [3.63, 3.8) is 0 Å². The largest absolute Gasteiger partial charge is 0.466 e. The number of rotatable bonds is 7. The van der Waals surface area contributed by atoms with Gasteiger partial charge in [-0.15, -0.1) is 11.3 Å². The second kappa shape index (κ2) is 8.32. The quantitative estimate of drug-likeness (QED) is 0.609. The number of anilines is 1. The molecule has 0 aliphatic heterocycles. The Labute approximate surface area is 161 Å². The summed E-state index contributed by atoms with van der Waals surface area (Å²) in [6.45, 7) is 2.02. The van der Waals surface area contributed by atoms with Gasteiger partial charge in [0.25, 0.3) is 10.0 Å². The molecule has 0 aliphatic rings. The van der Waals surface area contributed by atoms with Gasteiger partial charge in [0.05, 0.1) is 23.6 Å². The molecular formula is C19H18N2O4S2. The molecule has 0 aliphatic carbocycles. The highest BCUT2D eigenvalue weighted by Crippen LogP contribution is 2.24. The van der Waals surface area contributed by atoms with E-state index in [0.717, 1.165) is 22.5 Å².